The van der Waals surface area contributed by atoms with Crippen LogP contribution >= 0.6 is 11.6 Å². The third-order valence-electron chi connectivity index (χ3n) is 3.81. The van der Waals surface area contributed by atoms with E-state index in [0.717, 1.165) is 25.3 Å². The molecule has 0 bridgehead atoms. The summed E-state index contributed by atoms with van der Waals surface area (Å²) in [5.74, 6) is 0.343. The van der Waals surface area contributed by atoms with E-state index in [0.29, 0.717) is 19.0 Å². The van der Waals surface area contributed by atoms with Crippen LogP contribution in [0.2, 0.25) is 5.02 Å². The molecule has 8 heteroatoms. The van der Waals surface area contributed by atoms with Crippen molar-refractivity contribution < 1.29 is 13.3 Å². The van der Waals surface area contributed by atoms with E-state index in [1.165, 1.54) is 16.4 Å². The van der Waals surface area contributed by atoms with Crippen molar-refractivity contribution in [3.8, 4) is 0 Å². The van der Waals surface area contributed by atoms with Crippen molar-refractivity contribution in [3.05, 3.63) is 33.3 Å². The molecule has 1 aromatic carbocycles. The molecule has 1 atom stereocenters. The smallest absolute Gasteiger partial charge is 0.258 e. The van der Waals surface area contributed by atoms with Gasteiger partial charge in [-0.15, -0.1) is 0 Å². The molecule has 1 aliphatic rings. The first-order valence-corrected chi connectivity index (χ1v) is 8.62. The molecule has 0 radical (unpaired) electrons. The van der Waals surface area contributed by atoms with Crippen molar-refractivity contribution in [1.29, 1.82) is 0 Å². The number of benzene rings is 1. The van der Waals surface area contributed by atoms with Crippen LogP contribution in [0.5, 0.6) is 0 Å². The summed E-state index contributed by atoms with van der Waals surface area (Å²) in [6.45, 7) is 2.96. The van der Waals surface area contributed by atoms with Gasteiger partial charge < -0.3 is 0 Å². The number of rotatable bonds is 4. The van der Waals surface area contributed by atoms with Crippen LogP contribution in [0.3, 0.4) is 0 Å². The zero-order valence-electron chi connectivity index (χ0n) is 11.7. The van der Waals surface area contributed by atoms with Crippen LogP contribution in [-0.2, 0) is 10.0 Å². The van der Waals surface area contributed by atoms with Gasteiger partial charge in [0.25, 0.3) is 5.69 Å². The summed E-state index contributed by atoms with van der Waals surface area (Å²) in [5.41, 5.74) is -0.387. The topological polar surface area (TPSA) is 80.5 Å². The van der Waals surface area contributed by atoms with Crippen molar-refractivity contribution in [2.75, 3.05) is 13.1 Å². The predicted molar refractivity (Wildman–Crippen MR) is 79.9 cm³/mol. The van der Waals surface area contributed by atoms with Gasteiger partial charge >= 0.3 is 0 Å². The molecule has 6 nitrogen and oxygen atoms in total. The molecule has 0 N–H and O–H groups in total. The summed E-state index contributed by atoms with van der Waals surface area (Å²) < 4.78 is 26.6. The lowest BCUT2D eigenvalue weighted by molar-refractivity contribution is -0.384. The Kier molecular flexibility index (Phi) is 4.85. The number of hydrogen-bond donors (Lipinski definition) is 0. The Morgan fingerprint density at radius 3 is 2.81 bits per heavy atom. The van der Waals surface area contributed by atoms with Gasteiger partial charge in [-0.05, 0) is 30.9 Å². The molecule has 1 heterocycles. The van der Waals surface area contributed by atoms with Gasteiger partial charge in [0.15, 0.2) is 0 Å². The number of nitrogens with zero attached hydrogens (tertiary/aromatic N) is 2. The van der Waals surface area contributed by atoms with Crippen LogP contribution in [0.25, 0.3) is 0 Å². The van der Waals surface area contributed by atoms with E-state index >= 15 is 0 Å². The van der Waals surface area contributed by atoms with Crippen LogP contribution in [0.15, 0.2) is 23.1 Å². The highest BCUT2D eigenvalue weighted by atomic mass is 35.5. The van der Waals surface area contributed by atoms with Crippen molar-refractivity contribution in [3.63, 3.8) is 0 Å². The molecule has 0 aliphatic carbocycles. The first-order valence-electron chi connectivity index (χ1n) is 6.80. The third kappa shape index (κ3) is 3.36. The van der Waals surface area contributed by atoms with Crippen LogP contribution in [0, 0.1) is 16.0 Å². The Labute approximate surface area is 128 Å². The van der Waals surface area contributed by atoms with Crippen LogP contribution < -0.4 is 0 Å². The number of halogens is 1. The Hall–Kier alpha value is -1.18. The van der Waals surface area contributed by atoms with E-state index in [2.05, 4.69) is 0 Å². The Balaban J connectivity index is 2.35. The van der Waals surface area contributed by atoms with Crippen LogP contribution in [0.4, 0.5) is 5.69 Å². The van der Waals surface area contributed by atoms with E-state index in [1.807, 2.05) is 6.92 Å². The second-order valence-electron chi connectivity index (χ2n) is 5.15. The number of nitro benzene ring substituents is 1. The van der Waals surface area contributed by atoms with Crippen molar-refractivity contribution in [2.45, 2.75) is 31.1 Å². The summed E-state index contributed by atoms with van der Waals surface area (Å²) in [6.07, 6.45) is 2.75. The molecular formula is C13H17ClN2O4S. The van der Waals surface area contributed by atoms with Gasteiger partial charge in [0, 0.05) is 19.2 Å². The van der Waals surface area contributed by atoms with Crippen LogP contribution in [0.1, 0.15) is 26.2 Å². The molecule has 116 valence electrons. The minimum atomic E-state index is -3.71. The fourth-order valence-electron chi connectivity index (χ4n) is 2.52. The monoisotopic (exact) mass is 332 g/mol. The fraction of sp³-hybridized carbons (Fsp3) is 0.538. The third-order valence-corrected chi connectivity index (χ3v) is 5.99. The molecule has 21 heavy (non-hydrogen) atoms. The highest BCUT2D eigenvalue weighted by molar-refractivity contribution is 7.89. The van der Waals surface area contributed by atoms with Crippen molar-refractivity contribution in [2.24, 2.45) is 5.92 Å². The largest absolute Gasteiger partial charge is 0.289 e. The first kappa shape index (κ1) is 16.2. The quantitative estimate of drug-likeness (QED) is 0.627. The van der Waals surface area contributed by atoms with Gasteiger partial charge in [0.05, 0.1) is 9.82 Å². The summed E-state index contributed by atoms with van der Waals surface area (Å²) in [6, 6.07) is 3.61. The van der Waals surface area contributed by atoms with Crippen LogP contribution in [-0.4, -0.2) is 30.7 Å². The lowest BCUT2D eigenvalue weighted by atomic mass is 9.97. The lowest BCUT2D eigenvalue weighted by Gasteiger charge is -2.31. The van der Waals surface area contributed by atoms with E-state index in [1.54, 1.807) is 0 Å². The second-order valence-corrected chi connectivity index (χ2v) is 7.50. The fourth-order valence-corrected chi connectivity index (χ4v) is 4.28. The minimum absolute atomic E-state index is 0.0657. The molecule has 0 spiro atoms. The van der Waals surface area contributed by atoms with E-state index in [-0.39, 0.29) is 15.6 Å². The molecule has 1 saturated heterocycles. The average Bonchev–Trinajstić information content (AvgIpc) is 2.47. The summed E-state index contributed by atoms with van der Waals surface area (Å²) in [5, 5.41) is 10.8. The van der Waals surface area contributed by atoms with Gasteiger partial charge in [-0.25, -0.2) is 8.42 Å². The number of hydrogen-bond acceptors (Lipinski definition) is 4. The zero-order chi connectivity index (χ0) is 15.6. The van der Waals surface area contributed by atoms with E-state index in [9.17, 15) is 18.5 Å². The maximum Gasteiger partial charge on any atom is 0.289 e. The molecule has 0 aromatic heterocycles. The molecule has 0 amide bonds. The predicted octanol–water partition coefficient (Wildman–Crippen LogP) is 3.06. The molecule has 0 saturated carbocycles. The second kappa shape index (κ2) is 6.29. The molecular weight excluding hydrogens is 316 g/mol. The number of piperidine rings is 1. The summed E-state index contributed by atoms with van der Waals surface area (Å²) in [4.78, 5) is 10.1. The standard InChI is InChI=1S/C13H17ClN2O4S/c1-2-10-4-3-7-15(9-10)21(19,20)11-5-6-12(14)13(8-11)16(17)18/h5-6,8,10H,2-4,7,9H2,1H3. The SMILES string of the molecule is CCC1CCCN(S(=O)(=O)c2ccc(Cl)c([N+](=O)[O-])c2)C1. The lowest BCUT2D eigenvalue weighted by Crippen LogP contribution is -2.39. The van der Waals surface area contributed by atoms with E-state index in [4.69, 9.17) is 11.6 Å². The molecule has 1 unspecified atom stereocenters. The normalized spacial score (nSPS) is 20.4. The Morgan fingerprint density at radius 1 is 1.48 bits per heavy atom. The number of nitro groups is 1. The molecule has 1 aromatic rings. The number of sulfonamides is 1. The van der Waals surface area contributed by atoms with Gasteiger partial charge in [0.1, 0.15) is 5.02 Å². The zero-order valence-corrected chi connectivity index (χ0v) is 13.2. The highest BCUT2D eigenvalue weighted by Crippen LogP contribution is 2.30. The van der Waals surface area contributed by atoms with Crippen molar-refractivity contribution >= 4 is 27.3 Å². The van der Waals surface area contributed by atoms with Gasteiger partial charge in [-0.2, -0.15) is 4.31 Å². The maximum absolute atomic E-state index is 12.6. The Morgan fingerprint density at radius 2 is 2.19 bits per heavy atom. The first-order chi connectivity index (χ1) is 9.86. The van der Waals surface area contributed by atoms with Gasteiger partial charge in [0.2, 0.25) is 10.0 Å². The molecule has 1 fully saturated rings. The van der Waals surface area contributed by atoms with Gasteiger partial charge in [-0.3, -0.25) is 10.1 Å². The maximum atomic E-state index is 12.6. The van der Waals surface area contributed by atoms with Gasteiger partial charge in [-0.1, -0.05) is 24.9 Å². The summed E-state index contributed by atoms with van der Waals surface area (Å²) in [7, 11) is -3.71. The van der Waals surface area contributed by atoms with Crippen molar-refractivity contribution in [1.82, 2.24) is 4.31 Å². The van der Waals surface area contributed by atoms with E-state index < -0.39 is 14.9 Å². The average molecular weight is 333 g/mol. The summed E-state index contributed by atoms with van der Waals surface area (Å²) >= 11 is 5.72. The highest BCUT2D eigenvalue weighted by Gasteiger charge is 2.31. The molecule has 1 aliphatic heterocycles. The Bertz CT molecular complexity index is 648. The molecule has 2 rings (SSSR count). The minimum Gasteiger partial charge on any atom is -0.258 e.